The number of primary amides is 1. The fourth-order valence-corrected chi connectivity index (χ4v) is 3.73. The molecule has 0 saturated carbocycles. The van der Waals surface area contributed by atoms with Crippen molar-refractivity contribution in [2.75, 3.05) is 44.8 Å². The summed E-state index contributed by atoms with van der Waals surface area (Å²) in [5, 5.41) is 0. The highest BCUT2D eigenvalue weighted by molar-refractivity contribution is 5.92. The molecule has 0 radical (unpaired) electrons. The molecule has 8 heteroatoms. The number of anilines is 1. The number of hydrogen-bond donors (Lipinski definition) is 1. The first-order chi connectivity index (χ1) is 14.9. The average molecular weight is 419 g/mol. The Morgan fingerprint density at radius 1 is 1.19 bits per heavy atom. The number of carbonyl (C=O) groups excluding carboxylic acids is 2. The van der Waals surface area contributed by atoms with E-state index in [4.69, 9.17) is 10.5 Å². The highest BCUT2D eigenvalue weighted by atomic mass is 16.5. The Bertz CT molecular complexity index is 1080. The van der Waals surface area contributed by atoms with Crippen molar-refractivity contribution in [2.24, 2.45) is 11.1 Å². The van der Waals surface area contributed by atoms with Gasteiger partial charge < -0.3 is 20.3 Å². The Kier molecular flexibility index (Phi) is 5.61. The van der Waals surface area contributed by atoms with E-state index in [1.807, 2.05) is 36.1 Å². The first-order valence-electron chi connectivity index (χ1n) is 10.3. The number of aromatic nitrogens is 2. The molecule has 2 aliphatic rings. The van der Waals surface area contributed by atoms with Gasteiger partial charge in [0.1, 0.15) is 16.9 Å². The van der Waals surface area contributed by atoms with Gasteiger partial charge in [-0.3, -0.25) is 9.59 Å². The predicted octanol–water partition coefficient (Wildman–Crippen LogP) is 1.30. The summed E-state index contributed by atoms with van der Waals surface area (Å²) in [6.07, 6.45) is 0.710. The summed E-state index contributed by atoms with van der Waals surface area (Å²) in [6.45, 7) is 5.15. The Hall–Kier alpha value is -3.44. The highest BCUT2D eigenvalue weighted by Gasteiger charge is 2.39. The molecule has 1 aromatic carbocycles. The minimum atomic E-state index is -0.670. The molecule has 8 nitrogen and oxygen atoms in total. The molecular weight excluding hydrogens is 394 g/mol. The fourth-order valence-electron chi connectivity index (χ4n) is 3.73. The average Bonchev–Trinajstić information content (AvgIpc) is 3.06. The zero-order chi connectivity index (χ0) is 22.0. The van der Waals surface area contributed by atoms with Crippen LogP contribution in [0.1, 0.15) is 29.4 Å². The monoisotopic (exact) mass is 419 g/mol. The van der Waals surface area contributed by atoms with Crippen molar-refractivity contribution < 1.29 is 14.3 Å². The van der Waals surface area contributed by atoms with E-state index in [1.54, 1.807) is 18.0 Å². The Balaban J connectivity index is 1.67. The van der Waals surface area contributed by atoms with Crippen LogP contribution < -0.4 is 10.6 Å². The van der Waals surface area contributed by atoms with Crippen molar-refractivity contribution in [1.29, 1.82) is 0 Å². The van der Waals surface area contributed by atoms with Crippen LogP contribution in [0.2, 0.25) is 0 Å². The molecule has 2 saturated heterocycles. The molecule has 1 unspecified atom stereocenters. The molecule has 2 N–H and O–H groups in total. The summed E-state index contributed by atoms with van der Waals surface area (Å²) in [4.78, 5) is 37.0. The van der Waals surface area contributed by atoms with E-state index < -0.39 is 11.3 Å². The van der Waals surface area contributed by atoms with Gasteiger partial charge in [0, 0.05) is 43.9 Å². The molecule has 1 atom stereocenters. The molecule has 160 valence electrons. The maximum Gasteiger partial charge on any atom is 0.267 e. The Morgan fingerprint density at radius 3 is 2.65 bits per heavy atom. The maximum atomic E-state index is 12.4. The number of nitrogens with zero attached hydrogens (tertiary/aromatic N) is 4. The number of nitrogens with two attached hydrogens (primary N) is 1. The van der Waals surface area contributed by atoms with Crippen LogP contribution in [0.3, 0.4) is 0 Å². The zero-order valence-electron chi connectivity index (χ0n) is 17.7. The Labute approximate surface area is 181 Å². The largest absolute Gasteiger partial charge is 0.378 e. The number of hydrogen-bond acceptors (Lipinski definition) is 6. The normalized spacial score (nSPS) is 21.0. The molecule has 3 heterocycles. The molecular formula is C23H25N5O3. The molecule has 0 bridgehead atoms. The minimum absolute atomic E-state index is 0.0452. The van der Waals surface area contributed by atoms with Crippen LogP contribution in [0, 0.1) is 17.3 Å². The number of morpholine rings is 1. The second-order valence-corrected chi connectivity index (χ2v) is 8.04. The van der Waals surface area contributed by atoms with Crippen molar-refractivity contribution in [3.8, 4) is 23.2 Å². The standard InChI is InChI=1S/C23H25N5O3/c1-23(8-9-27(2)22(23)30)7-6-16-4-3-5-17(14-16)21-25-18(20(24)29)15-19(26-21)28-10-12-31-13-11-28/h3-5,14-15H,8-13H2,1-2H3,(H2,24,29). The lowest BCUT2D eigenvalue weighted by atomic mass is 9.89. The topological polar surface area (TPSA) is 102 Å². The molecule has 4 rings (SSSR count). The second-order valence-electron chi connectivity index (χ2n) is 8.04. The summed E-state index contributed by atoms with van der Waals surface area (Å²) >= 11 is 0. The van der Waals surface area contributed by atoms with Crippen LogP contribution in [-0.2, 0) is 9.53 Å². The smallest absolute Gasteiger partial charge is 0.267 e. The van der Waals surface area contributed by atoms with E-state index in [-0.39, 0.29) is 11.6 Å². The van der Waals surface area contributed by atoms with Crippen molar-refractivity contribution >= 4 is 17.6 Å². The van der Waals surface area contributed by atoms with Gasteiger partial charge in [-0.05, 0) is 25.5 Å². The van der Waals surface area contributed by atoms with E-state index in [0.717, 1.165) is 11.1 Å². The molecule has 1 aromatic heterocycles. The fraction of sp³-hybridized carbons (Fsp3) is 0.391. The SMILES string of the molecule is CN1CCC(C)(C#Cc2cccc(-c3nc(C(N)=O)cc(N4CCOCC4)n3)c2)C1=O. The molecule has 0 aliphatic carbocycles. The summed E-state index contributed by atoms with van der Waals surface area (Å²) in [5.41, 5.74) is 6.49. The molecule has 0 spiro atoms. The van der Waals surface area contributed by atoms with Gasteiger partial charge in [-0.25, -0.2) is 9.97 Å². The van der Waals surface area contributed by atoms with Crippen LogP contribution in [0.5, 0.6) is 0 Å². The molecule has 2 aromatic rings. The third-order valence-electron chi connectivity index (χ3n) is 5.67. The number of rotatable bonds is 3. The first kappa shape index (κ1) is 20.8. The van der Waals surface area contributed by atoms with Gasteiger partial charge in [0.25, 0.3) is 5.91 Å². The number of carbonyl (C=O) groups is 2. The molecule has 2 fully saturated rings. The van der Waals surface area contributed by atoms with Gasteiger partial charge in [-0.2, -0.15) is 0 Å². The molecule has 2 aliphatic heterocycles. The van der Waals surface area contributed by atoms with Gasteiger partial charge in [-0.1, -0.05) is 24.0 Å². The van der Waals surface area contributed by atoms with Gasteiger partial charge in [0.05, 0.1) is 13.2 Å². The zero-order valence-corrected chi connectivity index (χ0v) is 17.7. The third kappa shape index (κ3) is 4.37. The number of ether oxygens (including phenoxy) is 1. The number of benzene rings is 1. The van der Waals surface area contributed by atoms with E-state index in [2.05, 4.69) is 21.8 Å². The van der Waals surface area contributed by atoms with Crippen LogP contribution in [-0.4, -0.2) is 66.6 Å². The summed E-state index contributed by atoms with van der Waals surface area (Å²) in [5.74, 6) is 6.77. The van der Waals surface area contributed by atoms with Crippen LogP contribution >= 0.6 is 0 Å². The number of likely N-dealkylation sites (tertiary alicyclic amines) is 1. The lowest BCUT2D eigenvalue weighted by molar-refractivity contribution is -0.131. The van der Waals surface area contributed by atoms with Crippen LogP contribution in [0.25, 0.3) is 11.4 Å². The maximum absolute atomic E-state index is 12.4. The summed E-state index contributed by atoms with van der Waals surface area (Å²) < 4.78 is 5.40. The van der Waals surface area contributed by atoms with E-state index in [9.17, 15) is 9.59 Å². The van der Waals surface area contributed by atoms with E-state index in [0.29, 0.717) is 50.9 Å². The summed E-state index contributed by atoms with van der Waals surface area (Å²) in [7, 11) is 1.80. The first-order valence-corrected chi connectivity index (χ1v) is 10.3. The van der Waals surface area contributed by atoms with E-state index in [1.165, 1.54) is 0 Å². The molecule has 2 amide bonds. The van der Waals surface area contributed by atoms with Gasteiger partial charge in [0.2, 0.25) is 5.91 Å². The van der Waals surface area contributed by atoms with Crippen LogP contribution in [0.15, 0.2) is 30.3 Å². The van der Waals surface area contributed by atoms with Crippen molar-refractivity contribution in [2.45, 2.75) is 13.3 Å². The Morgan fingerprint density at radius 2 is 1.97 bits per heavy atom. The second kappa shape index (κ2) is 8.36. The lowest BCUT2D eigenvalue weighted by Crippen LogP contribution is -2.37. The van der Waals surface area contributed by atoms with Crippen molar-refractivity contribution in [3.05, 3.63) is 41.6 Å². The quantitative estimate of drug-likeness (QED) is 0.753. The highest BCUT2D eigenvalue weighted by Crippen LogP contribution is 2.30. The lowest BCUT2D eigenvalue weighted by Gasteiger charge is -2.28. The third-order valence-corrected chi connectivity index (χ3v) is 5.67. The van der Waals surface area contributed by atoms with Crippen molar-refractivity contribution in [1.82, 2.24) is 14.9 Å². The minimum Gasteiger partial charge on any atom is -0.378 e. The summed E-state index contributed by atoms with van der Waals surface area (Å²) in [6, 6.07) is 9.08. The molecule has 31 heavy (non-hydrogen) atoms. The number of amides is 2. The van der Waals surface area contributed by atoms with Gasteiger partial charge in [0.15, 0.2) is 5.82 Å². The van der Waals surface area contributed by atoms with Gasteiger partial charge >= 0.3 is 0 Å². The van der Waals surface area contributed by atoms with E-state index >= 15 is 0 Å². The van der Waals surface area contributed by atoms with Crippen molar-refractivity contribution in [3.63, 3.8) is 0 Å². The van der Waals surface area contributed by atoms with Gasteiger partial charge in [-0.15, -0.1) is 0 Å². The predicted molar refractivity (Wildman–Crippen MR) is 116 cm³/mol. The van der Waals surface area contributed by atoms with Crippen LogP contribution in [0.4, 0.5) is 5.82 Å².